The van der Waals surface area contributed by atoms with Gasteiger partial charge >= 0.3 is 5.97 Å². The Morgan fingerprint density at radius 1 is 0.935 bits per heavy atom. The summed E-state index contributed by atoms with van der Waals surface area (Å²) in [7, 11) is 0. The zero-order valence-electron chi connectivity index (χ0n) is 17.0. The minimum absolute atomic E-state index is 0.0879. The SMILES string of the molecule is CC(NC(=O)C(N)CCCN=C(N)N)C(=O)NC(CO)C(=O)NC(CC(N)=O)C(=O)O. The van der Waals surface area contributed by atoms with Crippen LogP contribution in [0, 0.1) is 0 Å². The van der Waals surface area contributed by atoms with E-state index in [4.69, 9.17) is 28.0 Å². The first-order valence-corrected chi connectivity index (χ1v) is 9.23. The lowest BCUT2D eigenvalue weighted by atomic mass is 10.1. The molecule has 15 heteroatoms. The lowest BCUT2D eigenvalue weighted by Crippen LogP contribution is -2.57. The van der Waals surface area contributed by atoms with Crippen LogP contribution in [-0.2, 0) is 24.0 Å². The molecule has 31 heavy (non-hydrogen) atoms. The van der Waals surface area contributed by atoms with Gasteiger partial charge in [-0.05, 0) is 19.8 Å². The van der Waals surface area contributed by atoms with Crippen molar-refractivity contribution in [2.24, 2.45) is 27.9 Å². The third-order valence-electron chi connectivity index (χ3n) is 3.89. The number of carboxylic acids is 1. The standard InChI is InChI=1S/C16H30N8O7/c1-7(22-13(28)8(17)3-2-4-21-16(19)20)12(27)24-10(6-25)14(29)23-9(15(30)31)5-11(18)26/h7-10,25H,2-6,17H2,1H3,(H2,18,26)(H,22,28)(H,23,29)(H,24,27)(H,30,31)(H4,19,20,21). The zero-order valence-corrected chi connectivity index (χ0v) is 17.0. The number of carboxylic acid groups (broad SMARTS) is 1. The minimum Gasteiger partial charge on any atom is -0.480 e. The predicted molar refractivity (Wildman–Crippen MR) is 108 cm³/mol. The monoisotopic (exact) mass is 446 g/mol. The summed E-state index contributed by atoms with van der Waals surface area (Å²) in [5.74, 6) is -5.11. The van der Waals surface area contributed by atoms with Gasteiger partial charge in [-0.15, -0.1) is 0 Å². The second-order valence-corrected chi connectivity index (χ2v) is 6.60. The molecule has 0 aromatic heterocycles. The van der Waals surface area contributed by atoms with Gasteiger partial charge in [0.1, 0.15) is 18.1 Å². The number of aliphatic carboxylic acids is 1. The Hall–Kier alpha value is -3.46. The highest BCUT2D eigenvalue weighted by molar-refractivity contribution is 5.94. The summed E-state index contributed by atoms with van der Waals surface area (Å²) in [5.41, 5.74) is 21.0. The average Bonchev–Trinajstić information content (AvgIpc) is 2.67. The molecule has 13 N–H and O–H groups in total. The van der Waals surface area contributed by atoms with Crippen LogP contribution in [0.1, 0.15) is 26.2 Å². The molecule has 0 aromatic carbocycles. The number of nitrogens with zero attached hydrogens (tertiary/aromatic N) is 1. The van der Waals surface area contributed by atoms with E-state index in [0.29, 0.717) is 6.42 Å². The van der Waals surface area contributed by atoms with Crippen LogP contribution in [0.4, 0.5) is 0 Å². The Morgan fingerprint density at radius 2 is 1.52 bits per heavy atom. The van der Waals surface area contributed by atoms with Gasteiger partial charge < -0.3 is 49.1 Å². The number of amides is 4. The fourth-order valence-corrected chi connectivity index (χ4v) is 2.20. The van der Waals surface area contributed by atoms with E-state index in [1.807, 2.05) is 5.32 Å². The van der Waals surface area contributed by atoms with E-state index >= 15 is 0 Å². The molecular weight excluding hydrogens is 416 g/mol. The van der Waals surface area contributed by atoms with Crippen molar-refractivity contribution in [3.8, 4) is 0 Å². The number of aliphatic hydroxyl groups excluding tert-OH is 1. The lowest BCUT2D eigenvalue weighted by molar-refractivity contribution is -0.144. The van der Waals surface area contributed by atoms with Crippen molar-refractivity contribution >= 4 is 35.6 Å². The molecule has 0 aliphatic heterocycles. The Morgan fingerprint density at radius 3 is 2.00 bits per heavy atom. The van der Waals surface area contributed by atoms with E-state index in [2.05, 4.69) is 15.6 Å². The minimum atomic E-state index is -1.63. The number of nitrogens with one attached hydrogen (secondary N) is 3. The van der Waals surface area contributed by atoms with Crippen molar-refractivity contribution in [1.29, 1.82) is 0 Å². The molecule has 0 aromatic rings. The van der Waals surface area contributed by atoms with Gasteiger partial charge in [-0.25, -0.2) is 4.79 Å². The van der Waals surface area contributed by atoms with Crippen LogP contribution in [0.5, 0.6) is 0 Å². The maximum Gasteiger partial charge on any atom is 0.326 e. The second kappa shape index (κ2) is 13.7. The molecule has 0 heterocycles. The molecule has 0 aliphatic rings. The van der Waals surface area contributed by atoms with Crippen molar-refractivity contribution in [3.05, 3.63) is 0 Å². The van der Waals surface area contributed by atoms with Crippen molar-refractivity contribution < 1.29 is 34.2 Å². The summed E-state index contributed by atoms with van der Waals surface area (Å²) in [4.78, 5) is 62.1. The number of aliphatic hydroxyl groups is 1. The molecule has 15 nitrogen and oxygen atoms in total. The molecule has 0 rings (SSSR count). The van der Waals surface area contributed by atoms with Gasteiger partial charge in [0.2, 0.25) is 23.6 Å². The first kappa shape index (κ1) is 27.5. The molecule has 0 fully saturated rings. The Labute approximate surface area is 178 Å². The van der Waals surface area contributed by atoms with Crippen molar-refractivity contribution in [3.63, 3.8) is 0 Å². The highest BCUT2D eigenvalue weighted by atomic mass is 16.4. The molecule has 4 unspecified atom stereocenters. The molecule has 4 amide bonds. The Bertz CT molecular complexity index is 695. The summed E-state index contributed by atoms with van der Waals surface area (Å²) in [6, 6.07) is -5.23. The van der Waals surface area contributed by atoms with Gasteiger partial charge in [-0.2, -0.15) is 0 Å². The second-order valence-electron chi connectivity index (χ2n) is 6.60. The van der Waals surface area contributed by atoms with Crippen molar-refractivity contribution in [1.82, 2.24) is 16.0 Å². The Balaban J connectivity index is 4.73. The Kier molecular flexibility index (Phi) is 12.2. The third kappa shape index (κ3) is 11.3. The molecule has 0 spiro atoms. The van der Waals surface area contributed by atoms with Crippen LogP contribution in [0.25, 0.3) is 0 Å². The van der Waals surface area contributed by atoms with E-state index in [1.54, 1.807) is 0 Å². The maximum atomic E-state index is 12.2. The van der Waals surface area contributed by atoms with E-state index in [-0.39, 0.29) is 18.9 Å². The van der Waals surface area contributed by atoms with Gasteiger partial charge in [0.05, 0.1) is 19.1 Å². The highest BCUT2D eigenvalue weighted by Crippen LogP contribution is 1.98. The summed E-state index contributed by atoms with van der Waals surface area (Å²) in [6.07, 6.45) is -0.00830. The van der Waals surface area contributed by atoms with Gasteiger partial charge in [0.25, 0.3) is 0 Å². The number of hydrogen-bond acceptors (Lipinski definition) is 8. The molecule has 0 saturated heterocycles. The number of aliphatic imine (C=N–C) groups is 1. The average molecular weight is 446 g/mol. The van der Waals surface area contributed by atoms with Gasteiger partial charge in [0.15, 0.2) is 5.96 Å². The van der Waals surface area contributed by atoms with Crippen LogP contribution in [-0.4, -0.2) is 83.1 Å². The summed E-state index contributed by atoms with van der Waals surface area (Å²) in [5, 5.41) is 24.8. The van der Waals surface area contributed by atoms with Crippen LogP contribution in [0.2, 0.25) is 0 Å². The first-order valence-electron chi connectivity index (χ1n) is 9.23. The summed E-state index contributed by atoms with van der Waals surface area (Å²) >= 11 is 0. The van der Waals surface area contributed by atoms with Gasteiger partial charge in [0, 0.05) is 6.54 Å². The molecular formula is C16H30N8O7. The van der Waals surface area contributed by atoms with Crippen LogP contribution >= 0.6 is 0 Å². The van der Waals surface area contributed by atoms with E-state index in [1.165, 1.54) is 6.92 Å². The molecule has 0 radical (unpaired) electrons. The fraction of sp³-hybridized carbons (Fsp3) is 0.625. The molecule has 0 aliphatic carbocycles. The summed E-state index contributed by atoms with van der Waals surface area (Å²) < 4.78 is 0. The fourth-order valence-electron chi connectivity index (χ4n) is 2.20. The third-order valence-corrected chi connectivity index (χ3v) is 3.89. The van der Waals surface area contributed by atoms with Gasteiger partial charge in [-0.1, -0.05) is 0 Å². The first-order chi connectivity index (χ1) is 14.4. The van der Waals surface area contributed by atoms with Crippen LogP contribution in [0.15, 0.2) is 4.99 Å². The van der Waals surface area contributed by atoms with E-state index < -0.39 is 66.8 Å². The molecule has 0 bridgehead atoms. The number of nitrogens with two attached hydrogens (primary N) is 4. The quantitative estimate of drug-likeness (QED) is 0.0694. The number of primary amides is 1. The highest BCUT2D eigenvalue weighted by Gasteiger charge is 2.29. The van der Waals surface area contributed by atoms with Crippen LogP contribution in [0.3, 0.4) is 0 Å². The van der Waals surface area contributed by atoms with E-state index in [0.717, 1.165) is 0 Å². The summed E-state index contributed by atoms with van der Waals surface area (Å²) in [6.45, 7) is 0.726. The van der Waals surface area contributed by atoms with Crippen molar-refractivity contribution in [2.45, 2.75) is 50.4 Å². The molecule has 176 valence electrons. The topological polar surface area (TPSA) is 278 Å². The zero-order chi connectivity index (χ0) is 24.1. The molecule has 4 atom stereocenters. The van der Waals surface area contributed by atoms with Gasteiger partial charge in [-0.3, -0.25) is 24.2 Å². The predicted octanol–water partition coefficient (Wildman–Crippen LogP) is -5.21. The lowest BCUT2D eigenvalue weighted by Gasteiger charge is -2.22. The normalized spacial score (nSPS) is 14.3. The van der Waals surface area contributed by atoms with Crippen molar-refractivity contribution in [2.75, 3.05) is 13.2 Å². The maximum absolute atomic E-state index is 12.2. The largest absolute Gasteiger partial charge is 0.480 e. The molecule has 0 saturated carbocycles. The number of hydrogen-bond donors (Lipinski definition) is 9. The smallest absolute Gasteiger partial charge is 0.326 e. The number of carbonyl (C=O) groups excluding carboxylic acids is 4. The number of carbonyl (C=O) groups is 5. The van der Waals surface area contributed by atoms with Crippen LogP contribution < -0.4 is 38.9 Å². The number of rotatable bonds is 14. The number of guanidine groups is 1. The van der Waals surface area contributed by atoms with E-state index in [9.17, 15) is 29.1 Å².